The Labute approximate surface area is 308 Å². The smallest absolute Gasteiger partial charge is 0.271 e. The summed E-state index contributed by atoms with van der Waals surface area (Å²) in [5.41, 5.74) is 10.6. The van der Waals surface area contributed by atoms with Crippen LogP contribution in [-0.2, 0) is 6.42 Å². The minimum atomic E-state index is -0.392. The summed E-state index contributed by atoms with van der Waals surface area (Å²) in [6.45, 7) is 0. The van der Waals surface area contributed by atoms with Crippen molar-refractivity contribution in [2.75, 3.05) is 7.11 Å². The largest absolute Gasteiger partial charge is 0.497 e. The highest BCUT2D eigenvalue weighted by atomic mass is 32.1. The van der Waals surface area contributed by atoms with Gasteiger partial charge in [0.05, 0.1) is 39.7 Å². The first kappa shape index (κ1) is 32.3. The number of non-ortho nitro benzene ring substituents is 1. The molecule has 53 heavy (non-hydrogen) atoms. The standard InChI is InChI=1S/C44H32N4O4S/c1-52-35-23-16-31(17-24-35)42-37-25-18-28-10-8-9-15-36(28)40(37)45-44-47(42)43(49)39(53-44)27-32-26-38(29-11-4-2-5-12-29)46(41(32)30-13-6-3-7-14-30)33-19-21-34(22-20-33)48(50)51/h2-17,19-24,26-27,42H,18,25H2,1H3/b39-27+/t42-/m0/s1. The van der Waals surface area contributed by atoms with Crippen molar-refractivity contribution in [3.8, 4) is 34.0 Å². The van der Waals surface area contributed by atoms with Gasteiger partial charge in [0.1, 0.15) is 5.75 Å². The number of ether oxygens (including phenoxy) is 1. The number of aromatic nitrogens is 2. The number of benzene rings is 5. The maximum absolute atomic E-state index is 14.8. The van der Waals surface area contributed by atoms with Gasteiger partial charge in [-0.05, 0) is 77.1 Å². The van der Waals surface area contributed by atoms with E-state index in [2.05, 4.69) is 28.8 Å². The summed E-state index contributed by atoms with van der Waals surface area (Å²) in [5, 5.41) is 11.6. The first-order chi connectivity index (χ1) is 26.0. The number of nitro benzene ring substituents is 1. The monoisotopic (exact) mass is 712 g/mol. The first-order valence-corrected chi connectivity index (χ1v) is 18.2. The molecule has 0 N–H and O–H groups in total. The van der Waals surface area contributed by atoms with Gasteiger partial charge in [0.2, 0.25) is 0 Å². The molecule has 0 saturated heterocycles. The molecule has 0 saturated carbocycles. The Kier molecular flexibility index (Phi) is 8.05. The number of methoxy groups -OCH3 is 1. The van der Waals surface area contributed by atoms with Crippen molar-refractivity contribution in [1.29, 1.82) is 0 Å². The Morgan fingerprint density at radius 3 is 2.21 bits per heavy atom. The topological polar surface area (TPSA) is 91.7 Å². The number of allylic oxidation sites excluding steroid dienone is 1. The average molecular weight is 713 g/mol. The highest BCUT2D eigenvalue weighted by Gasteiger charge is 2.33. The van der Waals surface area contributed by atoms with Gasteiger partial charge in [0.15, 0.2) is 4.80 Å². The molecule has 1 aliphatic heterocycles. The Morgan fingerprint density at radius 1 is 0.830 bits per heavy atom. The van der Waals surface area contributed by atoms with E-state index in [-0.39, 0.29) is 17.3 Å². The van der Waals surface area contributed by atoms with Crippen molar-refractivity contribution < 1.29 is 9.66 Å². The van der Waals surface area contributed by atoms with E-state index in [1.165, 1.54) is 29.0 Å². The zero-order valence-electron chi connectivity index (χ0n) is 28.7. The molecular weight excluding hydrogens is 681 g/mol. The third-order valence-electron chi connectivity index (χ3n) is 10.1. The highest BCUT2D eigenvalue weighted by Crippen LogP contribution is 2.42. The molecule has 2 aliphatic rings. The van der Waals surface area contributed by atoms with E-state index in [0.717, 1.165) is 74.8 Å². The normalized spacial score (nSPS) is 15.0. The lowest BCUT2D eigenvalue weighted by Gasteiger charge is -2.30. The molecule has 2 aromatic heterocycles. The maximum atomic E-state index is 14.8. The van der Waals surface area contributed by atoms with Crippen LogP contribution in [0.3, 0.4) is 0 Å². The number of nitro groups is 1. The average Bonchev–Trinajstić information content (AvgIpc) is 3.74. The maximum Gasteiger partial charge on any atom is 0.271 e. The van der Waals surface area contributed by atoms with Crippen LogP contribution >= 0.6 is 11.3 Å². The SMILES string of the molecule is COc1ccc([C@H]2C3=C(N=c4s/c(=C/c5cc(-c6ccccc6)n(-c6ccc([N+](=O)[O-])cc6)c5-c5ccccc5)c(=O)n42)c2ccccc2CC3)cc1. The number of rotatable bonds is 7. The van der Waals surface area contributed by atoms with Crippen molar-refractivity contribution in [3.63, 3.8) is 0 Å². The third-order valence-corrected chi connectivity index (χ3v) is 11.0. The van der Waals surface area contributed by atoms with Crippen molar-refractivity contribution >= 4 is 28.8 Å². The lowest BCUT2D eigenvalue weighted by Crippen LogP contribution is -2.38. The molecule has 9 rings (SSSR count). The van der Waals surface area contributed by atoms with Gasteiger partial charge in [0, 0.05) is 28.9 Å². The zero-order chi connectivity index (χ0) is 36.1. The van der Waals surface area contributed by atoms with Crippen LogP contribution < -0.4 is 19.6 Å². The second kappa shape index (κ2) is 13.2. The summed E-state index contributed by atoms with van der Waals surface area (Å²) in [7, 11) is 1.65. The van der Waals surface area contributed by atoms with Crippen LogP contribution in [0.2, 0.25) is 0 Å². The zero-order valence-corrected chi connectivity index (χ0v) is 29.5. The molecule has 1 atom stereocenters. The number of hydrogen-bond acceptors (Lipinski definition) is 6. The Morgan fingerprint density at radius 2 is 1.51 bits per heavy atom. The highest BCUT2D eigenvalue weighted by molar-refractivity contribution is 7.07. The summed E-state index contributed by atoms with van der Waals surface area (Å²) in [4.78, 5) is 31.8. The molecule has 0 amide bonds. The quantitative estimate of drug-likeness (QED) is 0.123. The first-order valence-electron chi connectivity index (χ1n) is 17.4. The van der Waals surface area contributed by atoms with Gasteiger partial charge in [-0.15, -0.1) is 0 Å². The molecule has 3 heterocycles. The molecule has 258 valence electrons. The molecule has 0 radical (unpaired) electrons. The van der Waals surface area contributed by atoms with E-state index in [1.807, 2.05) is 102 Å². The van der Waals surface area contributed by atoms with Crippen molar-refractivity contribution in [2.45, 2.75) is 18.9 Å². The molecule has 7 aromatic rings. The van der Waals surface area contributed by atoms with Crippen molar-refractivity contribution in [1.82, 2.24) is 9.13 Å². The predicted octanol–water partition coefficient (Wildman–Crippen LogP) is 8.36. The van der Waals surface area contributed by atoms with Crippen LogP contribution in [0.25, 0.3) is 40.0 Å². The van der Waals surface area contributed by atoms with E-state index in [0.29, 0.717) is 9.33 Å². The number of thiazole rings is 1. The van der Waals surface area contributed by atoms with Crippen LogP contribution in [0.15, 0.2) is 155 Å². The van der Waals surface area contributed by atoms with Gasteiger partial charge in [-0.2, -0.15) is 0 Å². The summed E-state index contributed by atoms with van der Waals surface area (Å²) in [6, 6.07) is 44.8. The summed E-state index contributed by atoms with van der Waals surface area (Å²) in [5.74, 6) is 0.754. The Hall–Kier alpha value is -6.58. The lowest BCUT2D eigenvalue weighted by atomic mass is 9.83. The summed E-state index contributed by atoms with van der Waals surface area (Å²) >= 11 is 1.39. The fraction of sp³-hybridized carbons (Fsp3) is 0.0909. The predicted molar refractivity (Wildman–Crippen MR) is 209 cm³/mol. The van der Waals surface area contributed by atoms with Gasteiger partial charge >= 0.3 is 0 Å². The minimum Gasteiger partial charge on any atom is -0.497 e. The van der Waals surface area contributed by atoms with Crippen molar-refractivity contribution in [3.05, 3.63) is 197 Å². The molecule has 8 nitrogen and oxygen atoms in total. The van der Waals surface area contributed by atoms with Crippen LogP contribution in [0, 0.1) is 10.1 Å². The molecule has 0 fully saturated rings. The van der Waals surface area contributed by atoms with Crippen LogP contribution in [0.5, 0.6) is 5.75 Å². The van der Waals surface area contributed by atoms with Crippen molar-refractivity contribution in [2.24, 2.45) is 4.99 Å². The molecule has 9 heteroatoms. The molecule has 5 aromatic carbocycles. The van der Waals surface area contributed by atoms with Crippen LogP contribution in [-0.4, -0.2) is 21.2 Å². The van der Waals surface area contributed by atoms with Gasteiger partial charge in [0.25, 0.3) is 11.2 Å². The molecule has 0 unspecified atom stereocenters. The number of nitrogens with zero attached hydrogens (tertiary/aromatic N) is 4. The number of aryl methyl sites for hydroxylation is 1. The second-order valence-electron chi connectivity index (χ2n) is 13.1. The van der Waals surface area contributed by atoms with E-state index < -0.39 is 4.92 Å². The fourth-order valence-corrected chi connectivity index (χ4v) is 8.59. The summed E-state index contributed by atoms with van der Waals surface area (Å²) in [6.07, 6.45) is 3.65. The number of hydrogen-bond donors (Lipinski definition) is 0. The van der Waals surface area contributed by atoms with Crippen LogP contribution in [0.1, 0.15) is 34.7 Å². The van der Waals surface area contributed by atoms with Gasteiger partial charge in [-0.3, -0.25) is 19.5 Å². The van der Waals surface area contributed by atoms with Crippen LogP contribution in [0.4, 0.5) is 5.69 Å². The molecular formula is C44H32N4O4S. The van der Waals surface area contributed by atoms with E-state index in [9.17, 15) is 14.9 Å². The Bertz CT molecular complexity index is 2750. The molecule has 1 aliphatic carbocycles. The van der Waals surface area contributed by atoms with Gasteiger partial charge in [-0.25, -0.2) is 4.99 Å². The van der Waals surface area contributed by atoms with E-state index in [1.54, 1.807) is 19.2 Å². The minimum absolute atomic E-state index is 0.0153. The second-order valence-corrected chi connectivity index (χ2v) is 14.1. The summed E-state index contributed by atoms with van der Waals surface area (Å²) < 4.78 is 10.0. The molecule has 0 spiro atoms. The number of fused-ring (bicyclic) bond motifs is 3. The van der Waals surface area contributed by atoms with Gasteiger partial charge < -0.3 is 9.30 Å². The molecule has 0 bridgehead atoms. The third kappa shape index (κ3) is 5.62. The lowest BCUT2D eigenvalue weighted by molar-refractivity contribution is -0.384. The fourth-order valence-electron chi connectivity index (χ4n) is 7.59. The van der Waals surface area contributed by atoms with Gasteiger partial charge in [-0.1, -0.05) is 108 Å². The van der Waals surface area contributed by atoms with E-state index >= 15 is 0 Å². The Balaban J connectivity index is 1.31. The van der Waals surface area contributed by atoms with E-state index in [4.69, 9.17) is 9.73 Å².